The molecule has 0 saturated heterocycles. The normalized spacial score (nSPS) is 18.5. The Kier molecular flexibility index (Phi) is 5.34. The first-order valence-corrected chi connectivity index (χ1v) is 12.9. The van der Waals surface area contributed by atoms with E-state index in [2.05, 4.69) is 22.2 Å². The summed E-state index contributed by atoms with van der Waals surface area (Å²) in [4.78, 5) is 30.5. The molecule has 0 aliphatic heterocycles. The van der Waals surface area contributed by atoms with Crippen molar-refractivity contribution in [1.29, 1.82) is 0 Å². The summed E-state index contributed by atoms with van der Waals surface area (Å²) in [6.45, 7) is 4.26. The summed E-state index contributed by atoms with van der Waals surface area (Å²) < 4.78 is 0. The van der Waals surface area contributed by atoms with Crippen molar-refractivity contribution in [1.82, 2.24) is 15.0 Å². The Morgan fingerprint density at radius 1 is 1.14 bits per heavy atom. The van der Waals surface area contributed by atoms with E-state index in [1.165, 1.54) is 57.4 Å². The van der Waals surface area contributed by atoms with Crippen molar-refractivity contribution in [3.63, 3.8) is 0 Å². The minimum absolute atomic E-state index is 0.0109. The Hall–Kier alpha value is -1.51. The van der Waals surface area contributed by atoms with E-state index in [-0.39, 0.29) is 5.91 Å². The summed E-state index contributed by atoms with van der Waals surface area (Å²) in [6, 6.07) is 0. The first kappa shape index (κ1) is 19.5. The highest BCUT2D eigenvalue weighted by Crippen LogP contribution is 2.41. The third-order valence-electron chi connectivity index (χ3n) is 5.67. The second-order valence-electron chi connectivity index (χ2n) is 8.04. The number of aromatic nitrogens is 3. The number of nitrogens with zero attached hydrogens (tertiary/aromatic N) is 3. The van der Waals surface area contributed by atoms with Crippen molar-refractivity contribution >= 4 is 55.7 Å². The van der Waals surface area contributed by atoms with Crippen molar-refractivity contribution in [3.05, 3.63) is 26.8 Å². The number of amides is 1. The number of rotatable bonds is 4. The molecule has 0 spiro atoms. The van der Waals surface area contributed by atoms with E-state index in [9.17, 15) is 4.79 Å². The van der Waals surface area contributed by atoms with Crippen molar-refractivity contribution in [3.8, 4) is 0 Å². The lowest BCUT2D eigenvalue weighted by Gasteiger charge is -2.18. The zero-order valence-electron chi connectivity index (χ0n) is 16.7. The number of carbonyl (C=O) groups is 1. The fourth-order valence-corrected chi connectivity index (χ4v) is 7.67. The van der Waals surface area contributed by atoms with Gasteiger partial charge in [-0.2, -0.15) is 0 Å². The quantitative estimate of drug-likeness (QED) is 0.443. The Morgan fingerprint density at radius 3 is 2.86 bits per heavy atom. The van der Waals surface area contributed by atoms with Crippen LogP contribution < -0.4 is 5.32 Å². The van der Waals surface area contributed by atoms with Gasteiger partial charge in [0.15, 0.2) is 5.13 Å². The van der Waals surface area contributed by atoms with E-state index in [0.29, 0.717) is 5.75 Å². The molecule has 0 aromatic carbocycles. The zero-order chi connectivity index (χ0) is 20.0. The number of carbonyl (C=O) groups excluding carboxylic acids is 1. The summed E-state index contributed by atoms with van der Waals surface area (Å²) in [7, 11) is 0. The van der Waals surface area contributed by atoms with Crippen LogP contribution in [0.5, 0.6) is 0 Å². The van der Waals surface area contributed by atoms with Crippen LogP contribution in [0.25, 0.3) is 10.2 Å². The van der Waals surface area contributed by atoms with Crippen LogP contribution >= 0.6 is 34.4 Å². The average molecular weight is 445 g/mol. The van der Waals surface area contributed by atoms with Crippen LogP contribution in [0.15, 0.2) is 5.03 Å². The summed E-state index contributed by atoms with van der Waals surface area (Å²) in [6.07, 6.45) is 8.00. The molecule has 3 aromatic heterocycles. The molecule has 3 heterocycles. The maximum absolute atomic E-state index is 12.6. The minimum atomic E-state index is -0.0109. The Bertz CT molecular complexity index is 1060. The molecule has 1 N–H and O–H groups in total. The molecular weight excluding hydrogens is 420 g/mol. The number of thioether (sulfide) groups is 1. The van der Waals surface area contributed by atoms with Crippen LogP contribution in [-0.2, 0) is 30.5 Å². The van der Waals surface area contributed by atoms with Gasteiger partial charge in [-0.1, -0.05) is 18.7 Å². The van der Waals surface area contributed by atoms with Gasteiger partial charge >= 0.3 is 0 Å². The SMILES string of the molecule is Cc1nc(SCC(=O)Nc2nc3c(s2)CCCC3)c2c3c(sc2n1)C[C@H](C)CC3. The highest BCUT2D eigenvalue weighted by atomic mass is 32.2. The van der Waals surface area contributed by atoms with Gasteiger partial charge in [-0.3, -0.25) is 4.79 Å². The third-order valence-corrected chi connectivity index (χ3v) is 8.86. The van der Waals surface area contributed by atoms with E-state index < -0.39 is 0 Å². The number of fused-ring (bicyclic) bond motifs is 4. The number of hydrogen-bond acceptors (Lipinski definition) is 7. The largest absolute Gasteiger partial charge is 0.301 e. The third kappa shape index (κ3) is 3.94. The van der Waals surface area contributed by atoms with Crippen LogP contribution in [0, 0.1) is 12.8 Å². The molecule has 5 rings (SSSR count). The highest BCUT2D eigenvalue weighted by Gasteiger charge is 2.24. The Balaban J connectivity index is 1.33. The Morgan fingerprint density at radius 2 is 2.00 bits per heavy atom. The monoisotopic (exact) mass is 444 g/mol. The lowest BCUT2D eigenvalue weighted by atomic mass is 9.89. The number of aryl methyl sites for hydroxylation is 4. The molecule has 8 heteroatoms. The molecule has 0 radical (unpaired) electrons. The lowest BCUT2D eigenvalue weighted by molar-refractivity contribution is -0.113. The van der Waals surface area contributed by atoms with Crippen LogP contribution in [0.1, 0.15) is 53.0 Å². The molecule has 5 nitrogen and oxygen atoms in total. The molecule has 29 heavy (non-hydrogen) atoms. The van der Waals surface area contributed by atoms with Crippen molar-refractivity contribution in [2.75, 3.05) is 11.1 Å². The van der Waals surface area contributed by atoms with Gasteiger partial charge in [-0.05, 0) is 63.4 Å². The molecule has 2 aliphatic rings. The molecule has 0 fully saturated rings. The van der Waals surface area contributed by atoms with Crippen LogP contribution in [0.4, 0.5) is 5.13 Å². The van der Waals surface area contributed by atoms with Gasteiger partial charge in [0, 0.05) is 15.1 Å². The second-order valence-corrected chi connectivity index (χ2v) is 11.2. The molecular formula is C21H24N4OS3. The van der Waals surface area contributed by atoms with Crippen molar-refractivity contribution in [2.45, 2.75) is 63.8 Å². The number of nitrogens with one attached hydrogen (secondary N) is 1. The van der Waals surface area contributed by atoms with Crippen LogP contribution in [0.3, 0.4) is 0 Å². The molecule has 0 bridgehead atoms. The molecule has 2 aliphatic carbocycles. The summed E-state index contributed by atoms with van der Waals surface area (Å²) >= 11 is 4.97. The van der Waals surface area contributed by atoms with Gasteiger partial charge in [-0.15, -0.1) is 22.7 Å². The first-order chi connectivity index (χ1) is 14.1. The van der Waals surface area contributed by atoms with Gasteiger partial charge < -0.3 is 5.32 Å². The van der Waals surface area contributed by atoms with E-state index >= 15 is 0 Å². The molecule has 152 valence electrons. The topological polar surface area (TPSA) is 67.8 Å². The van der Waals surface area contributed by atoms with E-state index in [1.54, 1.807) is 11.3 Å². The van der Waals surface area contributed by atoms with Crippen molar-refractivity contribution in [2.24, 2.45) is 5.92 Å². The summed E-state index contributed by atoms with van der Waals surface area (Å²) in [5.41, 5.74) is 2.59. The maximum Gasteiger partial charge on any atom is 0.236 e. The summed E-state index contributed by atoms with van der Waals surface area (Å²) in [5, 5.41) is 5.88. The van der Waals surface area contributed by atoms with Crippen LogP contribution in [0.2, 0.25) is 0 Å². The predicted molar refractivity (Wildman–Crippen MR) is 121 cm³/mol. The number of thiophene rings is 1. The Labute approximate surface area is 182 Å². The van der Waals surface area contributed by atoms with Crippen molar-refractivity contribution < 1.29 is 4.79 Å². The average Bonchev–Trinajstić information content (AvgIpc) is 3.25. The number of anilines is 1. The maximum atomic E-state index is 12.6. The number of hydrogen-bond donors (Lipinski definition) is 1. The lowest BCUT2D eigenvalue weighted by Crippen LogP contribution is -2.14. The zero-order valence-corrected chi connectivity index (χ0v) is 19.2. The molecule has 1 atom stereocenters. The predicted octanol–water partition coefficient (Wildman–Crippen LogP) is 5.19. The van der Waals surface area contributed by atoms with E-state index in [4.69, 9.17) is 4.98 Å². The van der Waals surface area contributed by atoms with Gasteiger partial charge in [0.05, 0.1) is 11.4 Å². The summed E-state index contributed by atoms with van der Waals surface area (Å²) in [5.74, 6) is 1.84. The smallest absolute Gasteiger partial charge is 0.236 e. The fraction of sp³-hybridized carbons (Fsp3) is 0.524. The molecule has 3 aromatic rings. The molecule has 0 unspecified atom stereocenters. The van der Waals surface area contributed by atoms with Gasteiger partial charge in [-0.25, -0.2) is 15.0 Å². The molecule has 0 saturated carbocycles. The van der Waals surface area contributed by atoms with Gasteiger partial charge in [0.25, 0.3) is 0 Å². The first-order valence-electron chi connectivity index (χ1n) is 10.3. The van der Waals surface area contributed by atoms with E-state index in [1.807, 2.05) is 18.3 Å². The van der Waals surface area contributed by atoms with E-state index in [0.717, 1.165) is 52.4 Å². The fourth-order valence-electron chi connectivity index (χ4n) is 4.21. The standard InChI is InChI=1S/C21H24N4OS3/c1-11-7-8-13-16(9-11)28-20-18(13)19(22-12(2)23-20)27-10-17(26)25-21-24-14-5-3-4-6-15(14)29-21/h11H,3-10H2,1-2H3,(H,24,25,26)/t11-/m1/s1. The van der Waals surface area contributed by atoms with Crippen LogP contribution in [-0.4, -0.2) is 26.6 Å². The van der Waals surface area contributed by atoms with Gasteiger partial charge in [0.2, 0.25) is 5.91 Å². The minimum Gasteiger partial charge on any atom is -0.301 e. The highest BCUT2D eigenvalue weighted by molar-refractivity contribution is 8.00. The molecule has 1 amide bonds. The van der Waals surface area contributed by atoms with Gasteiger partial charge in [0.1, 0.15) is 15.7 Å². The number of thiazole rings is 1. The second kappa shape index (κ2) is 7.96.